The van der Waals surface area contributed by atoms with Crippen LogP contribution in [0.25, 0.3) is 10.9 Å². The molecule has 6 heteroatoms. The molecule has 0 fully saturated rings. The summed E-state index contributed by atoms with van der Waals surface area (Å²) in [6.45, 7) is 4.28. The van der Waals surface area contributed by atoms with Gasteiger partial charge in [-0.2, -0.15) is 0 Å². The maximum Gasteiger partial charge on any atom is 0.318 e. The molecule has 0 saturated carbocycles. The van der Waals surface area contributed by atoms with Gasteiger partial charge in [0.2, 0.25) is 0 Å². The second-order valence-corrected chi connectivity index (χ2v) is 7.21. The van der Waals surface area contributed by atoms with Gasteiger partial charge >= 0.3 is 6.03 Å². The molecule has 1 aromatic heterocycles. The van der Waals surface area contributed by atoms with Crippen molar-refractivity contribution in [2.24, 2.45) is 0 Å². The summed E-state index contributed by atoms with van der Waals surface area (Å²) < 4.78 is 20.1. The Morgan fingerprint density at radius 1 is 1.24 bits per heavy atom. The Hall–Kier alpha value is -2.86. The standard InChI is InChI=1S/C23H26FN3O2/c1-2-29-15-7-13-25-23(28)27-14-12-17-16-8-4-6-11-20(16)26-21(17)22(27)18-9-3-5-10-19(18)24/h3-6,8-11,22,26H,2,7,12-15H2,1H3,(H,25,28)/t22-/m0/s1. The van der Waals surface area contributed by atoms with Crippen molar-refractivity contribution in [1.82, 2.24) is 15.2 Å². The summed E-state index contributed by atoms with van der Waals surface area (Å²) >= 11 is 0. The molecule has 0 aliphatic carbocycles. The van der Waals surface area contributed by atoms with E-state index in [1.165, 1.54) is 6.07 Å². The van der Waals surface area contributed by atoms with E-state index in [9.17, 15) is 9.18 Å². The lowest BCUT2D eigenvalue weighted by Crippen LogP contribution is -2.46. The number of ether oxygens (including phenoxy) is 1. The number of urea groups is 1. The van der Waals surface area contributed by atoms with Gasteiger partial charge in [0.15, 0.2) is 0 Å². The predicted molar refractivity (Wildman–Crippen MR) is 111 cm³/mol. The highest BCUT2D eigenvalue weighted by molar-refractivity contribution is 5.86. The van der Waals surface area contributed by atoms with E-state index in [-0.39, 0.29) is 11.8 Å². The molecule has 1 atom stereocenters. The third-order valence-corrected chi connectivity index (χ3v) is 5.44. The summed E-state index contributed by atoms with van der Waals surface area (Å²) in [5, 5.41) is 4.11. The number of aromatic nitrogens is 1. The van der Waals surface area contributed by atoms with E-state index in [0.29, 0.717) is 31.9 Å². The molecule has 0 radical (unpaired) electrons. The number of aromatic amines is 1. The Labute approximate surface area is 169 Å². The number of carbonyl (C=O) groups is 1. The molecule has 2 N–H and O–H groups in total. The van der Waals surface area contributed by atoms with Gasteiger partial charge in [0.25, 0.3) is 0 Å². The quantitative estimate of drug-likeness (QED) is 0.608. The van der Waals surface area contributed by atoms with Gasteiger partial charge in [-0.3, -0.25) is 0 Å². The summed E-state index contributed by atoms with van der Waals surface area (Å²) in [6, 6.07) is 14.1. The van der Waals surface area contributed by atoms with E-state index >= 15 is 0 Å². The van der Waals surface area contributed by atoms with Gasteiger partial charge < -0.3 is 19.9 Å². The number of fused-ring (bicyclic) bond motifs is 3. The number of nitrogens with one attached hydrogen (secondary N) is 2. The van der Waals surface area contributed by atoms with Gasteiger partial charge in [-0.15, -0.1) is 0 Å². The Kier molecular flexibility index (Phi) is 5.81. The van der Waals surface area contributed by atoms with E-state index in [4.69, 9.17) is 4.74 Å². The van der Waals surface area contributed by atoms with Crippen molar-refractivity contribution in [3.05, 3.63) is 71.2 Å². The van der Waals surface area contributed by atoms with Gasteiger partial charge in [0.1, 0.15) is 11.9 Å². The van der Waals surface area contributed by atoms with Crippen LogP contribution in [0.2, 0.25) is 0 Å². The molecular weight excluding hydrogens is 369 g/mol. The maximum absolute atomic E-state index is 14.8. The minimum atomic E-state index is -0.487. The van der Waals surface area contributed by atoms with Crippen molar-refractivity contribution in [2.45, 2.75) is 25.8 Å². The minimum absolute atomic E-state index is 0.181. The first-order valence-corrected chi connectivity index (χ1v) is 10.2. The number of H-pyrrole nitrogens is 1. The summed E-state index contributed by atoms with van der Waals surface area (Å²) in [4.78, 5) is 18.2. The second-order valence-electron chi connectivity index (χ2n) is 7.21. The largest absolute Gasteiger partial charge is 0.382 e. The van der Waals surface area contributed by atoms with Crippen LogP contribution in [0.15, 0.2) is 48.5 Å². The third kappa shape index (κ3) is 3.85. The zero-order valence-electron chi connectivity index (χ0n) is 16.6. The molecule has 0 spiro atoms. The molecule has 0 bridgehead atoms. The van der Waals surface area contributed by atoms with Crippen LogP contribution >= 0.6 is 0 Å². The molecule has 5 nitrogen and oxygen atoms in total. The van der Waals surface area contributed by atoms with Crippen molar-refractivity contribution < 1.29 is 13.9 Å². The van der Waals surface area contributed by atoms with Gasteiger partial charge in [0.05, 0.1) is 0 Å². The van der Waals surface area contributed by atoms with Crippen molar-refractivity contribution in [1.29, 1.82) is 0 Å². The average Bonchev–Trinajstić information content (AvgIpc) is 3.12. The van der Waals surface area contributed by atoms with E-state index in [0.717, 1.165) is 35.0 Å². The second kappa shape index (κ2) is 8.66. The lowest BCUT2D eigenvalue weighted by Gasteiger charge is -2.36. The molecule has 1 aliphatic rings. The van der Waals surface area contributed by atoms with Crippen molar-refractivity contribution in [2.75, 3.05) is 26.3 Å². The molecule has 3 aromatic rings. The van der Waals surface area contributed by atoms with Crippen molar-refractivity contribution in [3.63, 3.8) is 0 Å². The Balaban J connectivity index is 1.66. The fraction of sp³-hybridized carbons (Fsp3) is 0.348. The van der Waals surface area contributed by atoms with Gasteiger partial charge in [0, 0.05) is 48.5 Å². The van der Waals surface area contributed by atoms with Crippen molar-refractivity contribution in [3.8, 4) is 0 Å². The summed E-state index contributed by atoms with van der Waals surface area (Å²) in [7, 11) is 0. The highest BCUT2D eigenvalue weighted by Crippen LogP contribution is 2.39. The monoisotopic (exact) mass is 395 g/mol. The zero-order valence-corrected chi connectivity index (χ0v) is 16.6. The van der Waals surface area contributed by atoms with Crippen LogP contribution in [0.1, 0.15) is 36.2 Å². The molecule has 2 amide bonds. The van der Waals surface area contributed by atoms with E-state index in [1.54, 1.807) is 17.0 Å². The lowest BCUT2D eigenvalue weighted by atomic mass is 9.92. The Morgan fingerprint density at radius 3 is 2.86 bits per heavy atom. The fourth-order valence-corrected chi connectivity index (χ4v) is 4.10. The van der Waals surface area contributed by atoms with E-state index in [2.05, 4.69) is 16.4 Å². The summed E-state index contributed by atoms with van der Waals surface area (Å²) in [5.74, 6) is -0.307. The molecule has 2 aromatic carbocycles. The SMILES string of the molecule is CCOCCCNC(=O)N1CCc2c([nH]c3ccccc23)[C@@H]1c1ccccc1F. The highest BCUT2D eigenvalue weighted by Gasteiger charge is 2.35. The topological polar surface area (TPSA) is 57.4 Å². The third-order valence-electron chi connectivity index (χ3n) is 5.44. The number of hydrogen-bond acceptors (Lipinski definition) is 2. The first-order valence-electron chi connectivity index (χ1n) is 10.2. The van der Waals surface area contributed by atoms with Crippen LogP contribution in [0, 0.1) is 5.82 Å². The number of nitrogens with zero attached hydrogens (tertiary/aromatic N) is 1. The zero-order chi connectivity index (χ0) is 20.2. The molecule has 4 rings (SSSR count). The fourth-order valence-electron chi connectivity index (χ4n) is 4.10. The number of benzene rings is 2. The van der Waals surface area contributed by atoms with Crippen LogP contribution in [0.3, 0.4) is 0 Å². The van der Waals surface area contributed by atoms with Crippen LogP contribution in [-0.4, -0.2) is 42.2 Å². The number of hydrogen-bond donors (Lipinski definition) is 2. The normalized spacial score (nSPS) is 16.1. The molecule has 2 heterocycles. The minimum Gasteiger partial charge on any atom is -0.382 e. The molecule has 29 heavy (non-hydrogen) atoms. The predicted octanol–water partition coefficient (Wildman–Crippen LogP) is 4.39. The van der Waals surface area contributed by atoms with Gasteiger partial charge in [-0.1, -0.05) is 36.4 Å². The number of rotatable bonds is 6. The van der Waals surface area contributed by atoms with Crippen LogP contribution in [0.4, 0.5) is 9.18 Å². The first-order chi connectivity index (χ1) is 14.2. The van der Waals surface area contributed by atoms with Crippen LogP contribution in [0.5, 0.6) is 0 Å². The molecule has 1 aliphatic heterocycles. The number of carbonyl (C=O) groups excluding carboxylic acids is 1. The van der Waals surface area contributed by atoms with Crippen LogP contribution in [-0.2, 0) is 11.2 Å². The van der Waals surface area contributed by atoms with Gasteiger partial charge in [-0.25, -0.2) is 9.18 Å². The maximum atomic E-state index is 14.8. The molecule has 0 unspecified atom stereocenters. The lowest BCUT2D eigenvalue weighted by molar-refractivity contribution is 0.143. The van der Waals surface area contributed by atoms with Crippen LogP contribution < -0.4 is 5.32 Å². The molecular formula is C23H26FN3O2. The van der Waals surface area contributed by atoms with E-state index < -0.39 is 6.04 Å². The Morgan fingerprint density at radius 2 is 2.03 bits per heavy atom. The average molecular weight is 395 g/mol. The highest BCUT2D eigenvalue weighted by atomic mass is 19.1. The van der Waals surface area contributed by atoms with Crippen molar-refractivity contribution >= 4 is 16.9 Å². The molecule has 0 saturated heterocycles. The number of halogens is 1. The molecule has 152 valence electrons. The van der Waals surface area contributed by atoms with Gasteiger partial charge in [-0.05, 0) is 37.5 Å². The number of para-hydroxylation sites is 1. The summed E-state index contributed by atoms with van der Waals surface area (Å²) in [5.41, 5.74) is 3.57. The number of amides is 2. The summed E-state index contributed by atoms with van der Waals surface area (Å²) in [6.07, 6.45) is 1.48. The first kappa shape index (κ1) is 19.5. The van der Waals surface area contributed by atoms with E-state index in [1.807, 2.05) is 31.2 Å². The smallest absolute Gasteiger partial charge is 0.318 e. The Bertz CT molecular complexity index is 1000.